The molecule has 0 saturated carbocycles. The van der Waals surface area contributed by atoms with E-state index in [2.05, 4.69) is 24.0 Å². The molecule has 2 aromatic carbocycles. The van der Waals surface area contributed by atoms with Gasteiger partial charge in [0.1, 0.15) is 6.67 Å². The predicted octanol–water partition coefficient (Wildman–Crippen LogP) is 5.16. The number of aromatic amines is 1. The Kier molecular flexibility index (Phi) is 2.93. The molecule has 2 nitrogen and oxygen atoms in total. The number of aryl methyl sites for hydroxylation is 1. The summed E-state index contributed by atoms with van der Waals surface area (Å²) in [6, 6.07) is 15.7. The summed E-state index contributed by atoms with van der Waals surface area (Å²) in [5.74, 6) is 0. The first-order valence-corrected chi connectivity index (χ1v) is 7.29. The van der Waals surface area contributed by atoms with Crippen LogP contribution in [0, 0.1) is 6.92 Å². The molecule has 0 amide bonds. The number of rotatable bonds is 2. The maximum Gasteiger partial charge on any atom is 0.115 e. The quantitative estimate of drug-likeness (QED) is 0.542. The zero-order valence-electron chi connectivity index (χ0n) is 12.2. The van der Waals surface area contributed by atoms with E-state index in [1.165, 1.54) is 5.56 Å². The van der Waals surface area contributed by atoms with Crippen LogP contribution in [0.5, 0.6) is 0 Å². The average Bonchev–Trinajstić information content (AvgIpc) is 2.99. The van der Waals surface area contributed by atoms with Crippen LogP contribution < -0.4 is 0 Å². The number of nitrogens with zero attached hydrogens (tertiary/aromatic N) is 1. The highest BCUT2D eigenvalue weighted by atomic mass is 19.1. The van der Waals surface area contributed by atoms with E-state index in [0.717, 1.165) is 33.1 Å². The first-order valence-electron chi connectivity index (χ1n) is 7.29. The van der Waals surface area contributed by atoms with Gasteiger partial charge in [-0.25, -0.2) is 9.37 Å². The molecule has 0 radical (unpaired) electrons. The molecule has 2 heterocycles. The number of aromatic nitrogens is 2. The van der Waals surface area contributed by atoms with E-state index in [1.807, 2.05) is 42.6 Å². The summed E-state index contributed by atoms with van der Waals surface area (Å²) in [6.07, 6.45) is 1.96. The molecule has 22 heavy (non-hydrogen) atoms. The van der Waals surface area contributed by atoms with Crippen molar-refractivity contribution in [3.05, 3.63) is 65.9 Å². The molecule has 4 aromatic rings. The number of pyridine rings is 1. The monoisotopic (exact) mass is 290 g/mol. The molecular weight excluding hydrogens is 275 g/mol. The molecule has 0 saturated heterocycles. The Bertz CT molecular complexity index is 985. The summed E-state index contributed by atoms with van der Waals surface area (Å²) in [4.78, 5) is 8.03. The Labute approximate surface area is 127 Å². The lowest BCUT2D eigenvalue weighted by Crippen LogP contribution is -1.90. The van der Waals surface area contributed by atoms with Crippen molar-refractivity contribution in [1.82, 2.24) is 9.97 Å². The number of fused-ring (bicyclic) bond motifs is 2. The summed E-state index contributed by atoms with van der Waals surface area (Å²) in [5.41, 5.74) is 5.63. The van der Waals surface area contributed by atoms with Crippen molar-refractivity contribution >= 4 is 21.8 Å². The van der Waals surface area contributed by atoms with Gasteiger partial charge in [-0.05, 0) is 30.2 Å². The van der Waals surface area contributed by atoms with Crippen LogP contribution in [-0.4, -0.2) is 9.97 Å². The number of alkyl halides is 1. The fourth-order valence-electron chi connectivity index (χ4n) is 3.01. The maximum absolute atomic E-state index is 13.4. The third-order valence-corrected chi connectivity index (χ3v) is 4.15. The molecule has 1 N–H and O–H groups in total. The molecule has 0 unspecified atom stereocenters. The van der Waals surface area contributed by atoms with E-state index < -0.39 is 6.67 Å². The number of halogens is 1. The van der Waals surface area contributed by atoms with Crippen molar-refractivity contribution in [2.24, 2.45) is 0 Å². The van der Waals surface area contributed by atoms with Crippen LogP contribution in [0.25, 0.3) is 33.1 Å². The Morgan fingerprint density at radius 1 is 1.05 bits per heavy atom. The zero-order valence-corrected chi connectivity index (χ0v) is 12.2. The Balaban J connectivity index is 2.02. The van der Waals surface area contributed by atoms with Crippen LogP contribution in [0.1, 0.15) is 11.1 Å². The molecule has 108 valence electrons. The maximum atomic E-state index is 13.4. The molecule has 2 aromatic heterocycles. The van der Waals surface area contributed by atoms with Gasteiger partial charge in [0.05, 0.1) is 11.2 Å². The summed E-state index contributed by atoms with van der Waals surface area (Å²) in [7, 11) is 0. The highest BCUT2D eigenvalue weighted by Gasteiger charge is 2.11. The third kappa shape index (κ3) is 1.90. The molecule has 0 atom stereocenters. The standard InChI is InChI=1S/C19H15FN2/c1-12-5-4-7-15-16(11-21-19(12)15)18-9-13(10-20)14-6-2-3-8-17(14)22-18/h2-9,11,21H,10H2,1H3. The summed E-state index contributed by atoms with van der Waals surface area (Å²) in [6.45, 7) is 1.58. The molecule has 0 aliphatic carbocycles. The van der Waals surface area contributed by atoms with E-state index in [9.17, 15) is 4.39 Å². The van der Waals surface area contributed by atoms with Gasteiger partial charge in [0.25, 0.3) is 0 Å². The first kappa shape index (κ1) is 13.0. The zero-order chi connectivity index (χ0) is 15.1. The van der Waals surface area contributed by atoms with E-state index in [-0.39, 0.29) is 0 Å². The van der Waals surface area contributed by atoms with Crippen LogP contribution in [-0.2, 0) is 6.67 Å². The van der Waals surface area contributed by atoms with Gasteiger partial charge < -0.3 is 4.98 Å². The molecule has 0 aliphatic heterocycles. The Morgan fingerprint density at radius 2 is 1.86 bits per heavy atom. The van der Waals surface area contributed by atoms with Crippen LogP contribution in [0.4, 0.5) is 4.39 Å². The van der Waals surface area contributed by atoms with Gasteiger partial charge in [0.15, 0.2) is 0 Å². The van der Waals surface area contributed by atoms with Gasteiger partial charge in [0.2, 0.25) is 0 Å². The minimum absolute atomic E-state index is 0.489. The fourth-order valence-corrected chi connectivity index (χ4v) is 3.01. The number of hydrogen-bond acceptors (Lipinski definition) is 1. The van der Waals surface area contributed by atoms with Crippen molar-refractivity contribution in [3.63, 3.8) is 0 Å². The topological polar surface area (TPSA) is 28.7 Å². The van der Waals surface area contributed by atoms with Gasteiger partial charge in [-0.2, -0.15) is 0 Å². The lowest BCUT2D eigenvalue weighted by molar-refractivity contribution is 0.488. The van der Waals surface area contributed by atoms with E-state index in [0.29, 0.717) is 5.56 Å². The van der Waals surface area contributed by atoms with Gasteiger partial charge in [0, 0.05) is 28.0 Å². The summed E-state index contributed by atoms with van der Waals surface area (Å²) in [5, 5.41) is 2.00. The van der Waals surface area contributed by atoms with Crippen molar-refractivity contribution in [1.29, 1.82) is 0 Å². The highest BCUT2D eigenvalue weighted by molar-refractivity contribution is 5.97. The lowest BCUT2D eigenvalue weighted by atomic mass is 10.0. The highest BCUT2D eigenvalue weighted by Crippen LogP contribution is 2.31. The first-order chi connectivity index (χ1) is 10.8. The second kappa shape index (κ2) is 4.95. The molecule has 0 fully saturated rings. The second-order valence-electron chi connectivity index (χ2n) is 5.52. The minimum atomic E-state index is -0.489. The molecule has 4 rings (SSSR count). The molecule has 0 spiro atoms. The van der Waals surface area contributed by atoms with Crippen LogP contribution >= 0.6 is 0 Å². The Morgan fingerprint density at radius 3 is 2.73 bits per heavy atom. The molecule has 0 bridgehead atoms. The third-order valence-electron chi connectivity index (χ3n) is 4.15. The van der Waals surface area contributed by atoms with Gasteiger partial charge in [-0.15, -0.1) is 0 Å². The number of H-pyrrole nitrogens is 1. The molecule has 3 heteroatoms. The van der Waals surface area contributed by atoms with Crippen molar-refractivity contribution in [2.75, 3.05) is 0 Å². The fraction of sp³-hybridized carbons (Fsp3) is 0.105. The van der Waals surface area contributed by atoms with Gasteiger partial charge in [-0.1, -0.05) is 36.4 Å². The van der Waals surface area contributed by atoms with Crippen LogP contribution in [0.3, 0.4) is 0 Å². The summed E-state index contributed by atoms with van der Waals surface area (Å²) < 4.78 is 13.4. The predicted molar refractivity (Wildman–Crippen MR) is 88.6 cm³/mol. The molecular formula is C19H15FN2. The molecule has 0 aliphatic rings. The lowest BCUT2D eigenvalue weighted by Gasteiger charge is -2.07. The number of benzene rings is 2. The number of para-hydroxylation sites is 2. The number of hydrogen-bond donors (Lipinski definition) is 1. The second-order valence-corrected chi connectivity index (χ2v) is 5.52. The average molecular weight is 290 g/mol. The SMILES string of the molecule is Cc1cccc2c(-c3cc(CF)c4ccccc4n3)c[nH]c12. The minimum Gasteiger partial charge on any atom is -0.360 e. The van der Waals surface area contributed by atoms with Gasteiger partial charge >= 0.3 is 0 Å². The normalized spacial score (nSPS) is 11.4. The van der Waals surface area contributed by atoms with E-state index >= 15 is 0 Å². The smallest absolute Gasteiger partial charge is 0.115 e. The number of nitrogens with one attached hydrogen (secondary N) is 1. The van der Waals surface area contributed by atoms with Crippen LogP contribution in [0.2, 0.25) is 0 Å². The van der Waals surface area contributed by atoms with E-state index in [1.54, 1.807) is 0 Å². The largest absolute Gasteiger partial charge is 0.360 e. The van der Waals surface area contributed by atoms with Gasteiger partial charge in [-0.3, -0.25) is 0 Å². The van der Waals surface area contributed by atoms with Crippen LogP contribution in [0.15, 0.2) is 54.7 Å². The Hall–Kier alpha value is -2.68. The van der Waals surface area contributed by atoms with Crippen molar-refractivity contribution in [2.45, 2.75) is 13.6 Å². The van der Waals surface area contributed by atoms with E-state index in [4.69, 9.17) is 4.98 Å². The van der Waals surface area contributed by atoms with Crippen molar-refractivity contribution in [3.8, 4) is 11.3 Å². The van der Waals surface area contributed by atoms with Crippen molar-refractivity contribution < 1.29 is 4.39 Å². The summed E-state index contributed by atoms with van der Waals surface area (Å²) >= 11 is 0.